The number of hydrogen-bond donors (Lipinski definition) is 0. The summed E-state index contributed by atoms with van der Waals surface area (Å²) in [5.74, 6) is -0.118. The monoisotopic (exact) mass is 319 g/mol. The summed E-state index contributed by atoms with van der Waals surface area (Å²) in [6, 6.07) is 10.2. The first kappa shape index (κ1) is 16.2. The highest BCUT2D eigenvalue weighted by Gasteiger charge is 2.12. The number of benzene rings is 1. The molecule has 22 heavy (non-hydrogen) atoms. The lowest BCUT2D eigenvalue weighted by molar-refractivity contribution is -0.131. The fourth-order valence-corrected chi connectivity index (χ4v) is 2.27. The minimum atomic E-state index is -0.293. The maximum Gasteiger partial charge on any atom is 0.267 e. The second kappa shape index (κ2) is 7.22. The summed E-state index contributed by atoms with van der Waals surface area (Å²) in [7, 11) is 0. The predicted molar refractivity (Wildman–Crippen MR) is 86.9 cm³/mol. The Morgan fingerprint density at radius 3 is 2.36 bits per heavy atom. The van der Waals surface area contributed by atoms with Gasteiger partial charge in [0, 0.05) is 29.7 Å². The molecule has 0 saturated heterocycles. The number of hydrogen-bond acceptors (Lipinski definition) is 3. The molecule has 1 heterocycles. The van der Waals surface area contributed by atoms with Gasteiger partial charge in [-0.25, -0.2) is 4.68 Å². The van der Waals surface area contributed by atoms with Crippen molar-refractivity contribution in [2.75, 3.05) is 13.1 Å². The average Bonchev–Trinajstić information content (AvgIpc) is 2.51. The molecule has 0 fully saturated rings. The summed E-state index contributed by atoms with van der Waals surface area (Å²) in [6.07, 6.45) is 0. The van der Waals surface area contributed by atoms with Crippen molar-refractivity contribution in [2.24, 2.45) is 0 Å². The van der Waals surface area contributed by atoms with E-state index in [1.165, 1.54) is 10.7 Å². The molecule has 0 atom stereocenters. The summed E-state index contributed by atoms with van der Waals surface area (Å²) in [5.41, 5.74) is 1.18. The van der Waals surface area contributed by atoms with Crippen LogP contribution in [0.4, 0.5) is 0 Å². The highest BCUT2D eigenvalue weighted by Crippen LogP contribution is 2.18. The van der Waals surface area contributed by atoms with E-state index < -0.39 is 0 Å². The minimum Gasteiger partial charge on any atom is -0.342 e. The van der Waals surface area contributed by atoms with Crippen molar-refractivity contribution in [3.8, 4) is 11.3 Å². The van der Waals surface area contributed by atoms with Crippen molar-refractivity contribution in [3.05, 3.63) is 51.8 Å². The van der Waals surface area contributed by atoms with Gasteiger partial charge in [-0.05, 0) is 32.0 Å². The number of aromatic nitrogens is 2. The molecule has 0 radical (unpaired) electrons. The number of nitrogens with zero attached hydrogens (tertiary/aromatic N) is 3. The Kier molecular flexibility index (Phi) is 5.33. The van der Waals surface area contributed by atoms with E-state index in [-0.39, 0.29) is 18.0 Å². The number of amides is 1. The molecule has 1 aromatic carbocycles. The normalized spacial score (nSPS) is 10.5. The van der Waals surface area contributed by atoms with Crippen molar-refractivity contribution in [1.29, 1.82) is 0 Å². The van der Waals surface area contributed by atoms with Crippen molar-refractivity contribution in [1.82, 2.24) is 14.7 Å². The first-order chi connectivity index (χ1) is 10.5. The molecule has 0 bridgehead atoms. The first-order valence-electron chi connectivity index (χ1n) is 7.17. The quantitative estimate of drug-likeness (QED) is 0.850. The lowest BCUT2D eigenvalue weighted by atomic mass is 10.1. The molecular weight excluding hydrogens is 302 g/mol. The molecule has 0 saturated carbocycles. The zero-order valence-corrected chi connectivity index (χ0v) is 13.4. The SMILES string of the molecule is CCN(CC)C(=O)Cn1nc(-c2ccc(Cl)cc2)ccc1=O. The van der Waals surface area contributed by atoms with Crippen LogP contribution < -0.4 is 5.56 Å². The molecule has 1 amide bonds. The standard InChI is InChI=1S/C16H18ClN3O2/c1-3-19(4-2)16(22)11-20-15(21)10-9-14(18-20)12-5-7-13(17)8-6-12/h5-10H,3-4,11H2,1-2H3. The van der Waals surface area contributed by atoms with Crippen LogP contribution in [0.2, 0.25) is 5.02 Å². The lowest BCUT2D eigenvalue weighted by Gasteiger charge is -2.18. The Balaban J connectivity index is 2.29. The van der Waals surface area contributed by atoms with Crippen molar-refractivity contribution in [3.63, 3.8) is 0 Å². The van der Waals surface area contributed by atoms with E-state index in [4.69, 9.17) is 11.6 Å². The largest absolute Gasteiger partial charge is 0.342 e. The third kappa shape index (κ3) is 3.74. The van der Waals surface area contributed by atoms with E-state index in [0.717, 1.165) is 5.56 Å². The maximum absolute atomic E-state index is 12.1. The van der Waals surface area contributed by atoms with Crippen LogP contribution in [0.1, 0.15) is 13.8 Å². The lowest BCUT2D eigenvalue weighted by Crippen LogP contribution is -2.37. The number of rotatable bonds is 5. The van der Waals surface area contributed by atoms with Crippen molar-refractivity contribution >= 4 is 17.5 Å². The Morgan fingerprint density at radius 1 is 1.14 bits per heavy atom. The van der Waals surface area contributed by atoms with Gasteiger partial charge < -0.3 is 4.90 Å². The predicted octanol–water partition coefficient (Wildman–Crippen LogP) is 2.43. The molecule has 116 valence electrons. The van der Waals surface area contributed by atoms with Crippen LogP contribution in [0.15, 0.2) is 41.2 Å². The summed E-state index contributed by atoms with van der Waals surface area (Å²) < 4.78 is 1.20. The zero-order valence-electron chi connectivity index (χ0n) is 12.6. The van der Waals surface area contributed by atoms with Gasteiger partial charge in [0.15, 0.2) is 0 Å². The fraction of sp³-hybridized carbons (Fsp3) is 0.312. The van der Waals surface area contributed by atoms with Gasteiger partial charge in [0.05, 0.1) is 5.69 Å². The summed E-state index contributed by atoms with van der Waals surface area (Å²) in [5, 5.41) is 4.91. The molecule has 0 aliphatic carbocycles. The van der Waals surface area contributed by atoms with Gasteiger partial charge in [-0.1, -0.05) is 23.7 Å². The van der Waals surface area contributed by atoms with Gasteiger partial charge >= 0.3 is 0 Å². The van der Waals surface area contributed by atoms with Crippen LogP contribution in [0.5, 0.6) is 0 Å². The maximum atomic E-state index is 12.1. The summed E-state index contributed by atoms with van der Waals surface area (Å²) in [6.45, 7) is 4.98. The Labute approximate surface area is 134 Å². The van der Waals surface area contributed by atoms with Crippen LogP contribution in [-0.2, 0) is 11.3 Å². The van der Waals surface area contributed by atoms with Gasteiger partial charge in [0.1, 0.15) is 6.54 Å². The van der Waals surface area contributed by atoms with Crippen molar-refractivity contribution < 1.29 is 4.79 Å². The third-order valence-corrected chi connectivity index (χ3v) is 3.66. The number of likely N-dealkylation sites (N-methyl/N-ethyl adjacent to an activating group) is 1. The Hall–Kier alpha value is -2.14. The molecule has 2 aromatic rings. The van der Waals surface area contributed by atoms with E-state index >= 15 is 0 Å². The van der Waals surface area contributed by atoms with Crippen LogP contribution in [0.25, 0.3) is 11.3 Å². The second-order valence-corrected chi connectivity index (χ2v) is 5.22. The van der Waals surface area contributed by atoms with Crippen molar-refractivity contribution in [2.45, 2.75) is 20.4 Å². The number of carbonyl (C=O) groups is 1. The smallest absolute Gasteiger partial charge is 0.267 e. The van der Waals surface area contributed by atoms with E-state index in [9.17, 15) is 9.59 Å². The van der Waals surface area contributed by atoms with Gasteiger partial charge in [0.25, 0.3) is 5.56 Å². The highest BCUT2D eigenvalue weighted by molar-refractivity contribution is 6.30. The number of carbonyl (C=O) groups excluding carboxylic acids is 1. The molecule has 0 spiro atoms. The van der Waals surface area contributed by atoms with Gasteiger partial charge in [-0.15, -0.1) is 0 Å². The van der Waals surface area contributed by atoms with Gasteiger partial charge in [0.2, 0.25) is 5.91 Å². The second-order valence-electron chi connectivity index (χ2n) is 4.79. The summed E-state index contributed by atoms with van der Waals surface area (Å²) >= 11 is 5.87. The molecule has 5 nitrogen and oxygen atoms in total. The molecule has 1 aromatic heterocycles. The minimum absolute atomic E-state index is 0.0536. The van der Waals surface area contributed by atoms with E-state index in [1.807, 2.05) is 26.0 Å². The van der Waals surface area contributed by atoms with E-state index in [2.05, 4.69) is 5.10 Å². The van der Waals surface area contributed by atoms with Crippen LogP contribution in [0.3, 0.4) is 0 Å². The fourth-order valence-electron chi connectivity index (χ4n) is 2.14. The topological polar surface area (TPSA) is 55.2 Å². The molecule has 2 rings (SSSR count). The zero-order chi connectivity index (χ0) is 16.1. The molecule has 6 heteroatoms. The third-order valence-electron chi connectivity index (χ3n) is 3.41. The van der Waals surface area contributed by atoms with Crippen LogP contribution in [0, 0.1) is 0 Å². The highest BCUT2D eigenvalue weighted by atomic mass is 35.5. The van der Waals surface area contributed by atoms with Gasteiger partial charge in [-0.2, -0.15) is 5.10 Å². The first-order valence-corrected chi connectivity index (χ1v) is 7.54. The van der Waals surface area contributed by atoms with E-state index in [0.29, 0.717) is 23.8 Å². The molecule has 0 N–H and O–H groups in total. The Morgan fingerprint density at radius 2 is 1.77 bits per heavy atom. The van der Waals surface area contributed by atoms with Crippen LogP contribution in [-0.4, -0.2) is 33.7 Å². The molecule has 0 aliphatic rings. The number of halogens is 1. The van der Waals surface area contributed by atoms with E-state index in [1.54, 1.807) is 23.1 Å². The Bertz CT molecular complexity index is 706. The van der Waals surface area contributed by atoms with Crippen LogP contribution >= 0.6 is 11.6 Å². The molecular formula is C16H18ClN3O2. The average molecular weight is 320 g/mol. The van der Waals surface area contributed by atoms with Gasteiger partial charge in [-0.3, -0.25) is 9.59 Å². The summed E-state index contributed by atoms with van der Waals surface area (Å²) in [4.78, 5) is 25.7. The molecule has 0 aliphatic heterocycles. The molecule has 0 unspecified atom stereocenters.